The smallest absolute Gasteiger partial charge is 0.265 e. The first-order chi connectivity index (χ1) is 8.61. The van der Waals surface area contributed by atoms with E-state index in [9.17, 15) is 9.59 Å². The normalized spacial score (nSPS) is 18.6. The second kappa shape index (κ2) is 6.86. The summed E-state index contributed by atoms with van der Waals surface area (Å²) in [5.74, 6) is -0.802. The van der Waals surface area contributed by atoms with Gasteiger partial charge in [-0.2, -0.15) is 0 Å². The zero-order valence-electron chi connectivity index (χ0n) is 10.3. The largest absolute Gasteiger partial charge is 0.298 e. The maximum Gasteiger partial charge on any atom is 0.265 e. The second-order valence-electron chi connectivity index (χ2n) is 3.70. The Balaban J connectivity index is 2.86. The topological polar surface area (TPSA) is 49.4 Å². The number of carbonyl (C=O) groups is 2. The van der Waals surface area contributed by atoms with E-state index in [1.54, 1.807) is 12.2 Å². The summed E-state index contributed by atoms with van der Waals surface area (Å²) in [4.78, 5) is 25.0. The van der Waals surface area contributed by atoms with Gasteiger partial charge in [0.1, 0.15) is 5.57 Å². The highest BCUT2D eigenvalue weighted by molar-refractivity contribution is 7.80. The fraction of sp³-hybridized carbons (Fsp3) is 0.308. The van der Waals surface area contributed by atoms with Crippen LogP contribution in [0, 0.1) is 0 Å². The lowest BCUT2D eigenvalue weighted by Crippen LogP contribution is -2.53. The molecule has 2 amide bonds. The van der Waals surface area contributed by atoms with Crippen molar-refractivity contribution in [2.75, 3.05) is 6.54 Å². The first kappa shape index (κ1) is 14.3. The minimum absolute atomic E-state index is 0.131. The van der Waals surface area contributed by atoms with Crippen LogP contribution in [0.4, 0.5) is 0 Å². The number of amides is 2. The van der Waals surface area contributed by atoms with Crippen molar-refractivity contribution in [2.24, 2.45) is 0 Å². The number of allylic oxidation sites excluding steroid dienone is 3. The predicted octanol–water partition coefficient (Wildman–Crippen LogP) is 1.70. The predicted molar refractivity (Wildman–Crippen MR) is 74.8 cm³/mol. The molecule has 0 spiro atoms. The number of carbonyl (C=O) groups excluding carboxylic acids is 2. The highest BCUT2D eigenvalue weighted by Gasteiger charge is 2.31. The summed E-state index contributed by atoms with van der Waals surface area (Å²) >= 11 is 4.94. The quantitative estimate of drug-likeness (QED) is 0.356. The Morgan fingerprint density at radius 1 is 1.39 bits per heavy atom. The summed E-state index contributed by atoms with van der Waals surface area (Å²) in [5, 5.41) is 2.62. The number of thiocarbonyl (C=S) groups is 1. The summed E-state index contributed by atoms with van der Waals surface area (Å²) in [6, 6.07) is 0. The third-order valence-corrected chi connectivity index (χ3v) is 2.68. The molecule has 4 nitrogen and oxygen atoms in total. The lowest BCUT2D eigenvalue weighted by atomic mass is 10.1. The lowest BCUT2D eigenvalue weighted by Gasteiger charge is -2.27. The molecule has 0 saturated carbocycles. The van der Waals surface area contributed by atoms with E-state index in [1.807, 2.05) is 19.1 Å². The minimum atomic E-state index is -0.435. The van der Waals surface area contributed by atoms with Gasteiger partial charge in [-0.05, 0) is 25.1 Å². The maximum atomic E-state index is 12.0. The lowest BCUT2D eigenvalue weighted by molar-refractivity contribution is -0.128. The van der Waals surface area contributed by atoms with E-state index in [1.165, 1.54) is 4.90 Å². The van der Waals surface area contributed by atoms with Gasteiger partial charge in [-0.25, -0.2) is 0 Å². The van der Waals surface area contributed by atoms with E-state index < -0.39 is 5.91 Å². The molecule has 1 aliphatic rings. The van der Waals surface area contributed by atoms with Crippen molar-refractivity contribution in [3.05, 3.63) is 36.5 Å². The van der Waals surface area contributed by atoms with Crippen LogP contribution in [0.3, 0.4) is 0 Å². The van der Waals surface area contributed by atoms with E-state index in [2.05, 4.69) is 11.9 Å². The van der Waals surface area contributed by atoms with Crippen LogP contribution in [0.1, 0.15) is 19.8 Å². The fourth-order valence-electron chi connectivity index (χ4n) is 1.49. The number of hydrogen-bond acceptors (Lipinski definition) is 3. The van der Waals surface area contributed by atoms with Crippen LogP contribution < -0.4 is 5.32 Å². The summed E-state index contributed by atoms with van der Waals surface area (Å²) in [5.41, 5.74) is 0.131. The highest BCUT2D eigenvalue weighted by atomic mass is 32.1. The van der Waals surface area contributed by atoms with Crippen LogP contribution in [0.5, 0.6) is 0 Å². The number of hydrogen-bond donors (Lipinski definition) is 1. The molecule has 0 aromatic rings. The molecule has 0 radical (unpaired) electrons. The number of nitrogens with zero attached hydrogens (tertiary/aromatic N) is 1. The Labute approximate surface area is 112 Å². The van der Waals surface area contributed by atoms with E-state index in [0.29, 0.717) is 13.0 Å². The molecule has 0 bridgehead atoms. The van der Waals surface area contributed by atoms with E-state index >= 15 is 0 Å². The molecule has 1 fully saturated rings. The number of nitrogens with one attached hydrogen (secondary N) is 1. The third kappa shape index (κ3) is 3.37. The highest BCUT2D eigenvalue weighted by Crippen LogP contribution is 2.11. The zero-order valence-corrected chi connectivity index (χ0v) is 11.1. The van der Waals surface area contributed by atoms with Gasteiger partial charge in [0, 0.05) is 6.54 Å². The monoisotopic (exact) mass is 264 g/mol. The van der Waals surface area contributed by atoms with Crippen LogP contribution in [0.15, 0.2) is 36.5 Å². The van der Waals surface area contributed by atoms with Crippen molar-refractivity contribution in [3.63, 3.8) is 0 Å². The number of rotatable bonds is 5. The van der Waals surface area contributed by atoms with Crippen LogP contribution >= 0.6 is 12.2 Å². The van der Waals surface area contributed by atoms with Crippen molar-refractivity contribution in [2.45, 2.75) is 19.8 Å². The van der Waals surface area contributed by atoms with Crippen molar-refractivity contribution in [3.8, 4) is 0 Å². The molecular weight excluding hydrogens is 248 g/mol. The van der Waals surface area contributed by atoms with Crippen molar-refractivity contribution in [1.82, 2.24) is 10.2 Å². The summed E-state index contributed by atoms with van der Waals surface area (Å²) in [6.45, 7) is 5.87. The van der Waals surface area contributed by atoms with Gasteiger partial charge in [-0.3, -0.25) is 19.8 Å². The van der Waals surface area contributed by atoms with Crippen molar-refractivity contribution in [1.29, 1.82) is 0 Å². The van der Waals surface area contributed by atoms with Gasteiger partial charge in [0.2, 0.25) is 0 Å². The molecule has 1 aliphatic heterocycles. The molecule has 1 heterocycles. The Kier molecular flexibility index (Phi) is 5.45. The van der Waals surface area contributed by atoms with E-state index in [-0.39, 0.29) is 16.6 Å². The van der Waals surface area contributed by atoms with Crippen LogP contribution in [0.2, 0.25) is 0 Å². The summed E-state index contributed by atoms with van der Waals surface area (Å²) in [7, 11) is 0. The molecule has 0 atom stereocenters. The van der Waals surface area contributed by atoms with Crippen molar-refractivity contribution >= 4 is 29.1 Å². The van der Waals surface area contributed by atoms with Gasteiger partial charge < -0.3 is 0 Å². The average molecular weight is 264 g/mol. The van der Waals surface area contributed by atoms with Crippen LogP contribution in [-0.2, 0) is 9.59 Å². The molecule has 18 heavy (non-hydrogen) atoms. The standard InChI is InChI=1S/C13H16N2O2S/c1-3-5-6-7-8-10-11(16)14-13(18)15(9-4-2)12(10)17/h4-6,8H,2-3,7,9H2,1H3,(H,14,16,18)/b6-5+,10-8+. The molecule has 1 rings (SSSR count). The molecule has 96 valence electrons. The summed E-state index contributed by atoms with van der Waals surface area (Å²) < 4.78 is 0. The molecule has 0 unspecified atom stereocenters. The third-order valence-electron chi connectivity index (χ3n) is 2.36. The van der Waals surface area contributed by atoms with Gasteiger partial charge in [0.15, 0.2) is 5.11 Å². The minimum Gasteiger partial charge on any atom is -0.298 e. The summed E-state index contributed by atoms with van der Waals surface area (Å²) in [6.07, 6.45) is 8.55. The first-order valence-corrected chi connectivity index (χ1v) is 6.15. The van der Waals surface area contributed by atoms with Crippen LogP contribution in [0.25, 0.3) is 0 Å². The van der Waals surface area contributed by atoms with Crippen LogP contribution in [-0.4, -0.2) is 28.4 Å². The molecule has 5 heteroatoms. The van der Waals surface area contributed by atoms with Gasteiger partial charge >= 0.3 is 0 Å². The molecule has 0 aromatic heterocycles. The Morgan fingerprint density at radius 2 is 2.11 bits per heavy atom. The maximum absolute atomic E-state index is 12.0. The Morgan fingerprint density at radius 3 is 2.72 bits per heavy atom. The SMILES string of the molecule is C=CCN1C(=O)/C(=C/C/C=C/CC)C(=O)NC1=S. The van der Waals surface area contributed by atoms with E-state index in [0.717, 1.165) is 6.42 Å². The van der Waals surface area contributed by atoms with Gasteiger partial charge in [0.05, 0.1) is 0 Å². The van der Waals surface area contributed by atoms with Gasteiger partial charge in [0.25, 0.3) is 11.8 Å². The molecule has 0 aromatic carbocycles. The average Bonchev–Trinajstić information content (AvgIpc) is 2.33. The molecule has 1 saturated heterocycles. The zero-order chi connectivity index (χ0) is 13.5. The van der Waals surface area contributed by atoms with Gasteiger partial charge in [-0.15, -0.1) is 6.58 Å². The Bertz CT molecular complexity index is 438. The fourth-order valence-corrected chi connectivity index (χ4v) is 1.74. The molecule has 1 N–H and O–H groups in total. The molecule has 0 aliphatic carbocycles. The van der Waals surface area contributed by atoms with Gasteiger partial charge in [-0.1, -0.05) is 31.2 Å². The van der Waals surface area contributed by atoms with E-state index in [4.69, 9.17) is 12.2 Å². The van der Waals surface area contributed by atoms with Crippen molar-refractivity contribution < 1.29 is 9.59 Å². The molecular formula is C13H16N2O2S. The second-order valence-corrected chi connectivity index (χ2v) is 4.08. The first-order valence-electron chi connectivity index (χ1n) is 5.75. The Hall–Kier alpha value is -1.75.